The molecule has 4 aliphatic carbocycles. The zero-order chi connectivity index (χ0) is 43.6. The number of carbonyl (C=O) groups is 3. The maximum absolute atomic E-state index is 11.9. The number of fused-ring (bicyclic) bond motifs is 1. The van der Waals surface area contributed by atoms with Crippen LogP contribution in [0.4, 0.5) is 0 Å². The van der Waals surface area contributed by atoms with Gasteiger partial charge in [-0.3, -0.25) is 4.79 Å². The third kappa shape index (κ3) is 10.5. The molecule has 2 aromatic rings. The minimum atomic E-state index is -0.451. The Kier molecular flexibility index (Phi) is 14.0. The van der Waals surface area contributed by atoms with Crippen LogP contribution in [-0.4, -0.2) is 52.5 Å². The maximum Gasteiger partial charge on any atom is 0.338 e. The van der Waals surface area contributed by atoms with Crippen LogP contribution in [0.15, 0.2) is 61.2 Å². The van der Waals surface area contributed by atoms with Gasteiger partial charge in [-0.05, 0) is 172 Å². The molecule has 0 amide bonds. The molecule has 7 aliphatic rings. The molecule has 6 bridgehead atoms. The summed E-state index contributed by atoms with van der Waals surface area (Å²) in [5.74, 6) is 3.67. The number of ether oxygens (including phenoxy) is 5. The fraction of sp³-hybridized carbons (Fsp3) is 0.580. The molecule has 0 aromatic heterocycles. The zero-order valence-corrected chi connectivity index (χ0v) is 37.2. The molecule has 59 heavy (non-hydrogen) atoms. The van der Waals surface area contributed by atoms with Crippen molar-refractivity contribution in [3.63, 3.8) is 0 Å². The Morgan fingerprint density at radius 1 is 0.881 bits per heavy atom. The molecule has 9 rings (SSSR count). The molecule has 2 aromatic carbocycles. The molecule has 9 nitrogen and oxygen atoms in total. The summed E-state index contributed by atoms with van der Waals surface area (Å²) in [4.78, 5) is 34.3. The summed E-state index contributed by atoms with van der Waals surface area (Å²) in [7, 11) is 0. The molecular weight excluding hydrogens is 745 g/mol. The second-order valence-corrected chi connectivity index (χ2v) is 19.1. The van der Waals surface area contributed by atoms with Crippen molar-refractivity contribution in [2.24, 2.45) is 29.1 Å². The van der Waals surface area contributed by atoms with E-state index in [9.17, 15) is 19.5 Å². The van der Waals surface area contributed by atoms with Gasteiger partial charge in [-0.2, -0.15) is 0 Å². The van der Waals surface area contributed by atoms with Gasteiger partial charge in [-0.1, -0.05) is 44.9 Å². The van der Waals surface area contributed by atoms with Crippen molar-refractivity contribution in [1.82, 2.24) is 0 Å². The summed E-state index contributed by atoms with van der Waals surface area (Å²) in [6, 6.07) is 9.63. The van der Waals surface area contributed by atoms with Gasteiger partial charge in [0.1, 0.15) is 40.7 Å². The Morgan fingerprint density at radius 3 is 1.90 bits per heavy atom. The van der Waals surface area contributed by atoms with Crippen molar-refractivity contribution in [3.05, 3.63) is 83.5 Å². The van der Waals surface area contributed by atoms with Gasteiger partial charge < -0.3 is 28.8 Å². The smallest absolute Gasteiger partial charge is 0.338 e. The molecule has 322 valence electrons. The van der Waals surface area contributed by atoms with Gasteiger partial charge in [0, 0.05) is 23.0 Å². The van der Waals surface area contributed by atoms with Gasteiger partial charge in [0.2, 0.25) is 0 Å². The van der Waals surface area contributed by atoms with Crippen LogP contribution in [0.1, 0.15) is 129 Å². The van der Waals surface area contributed by atoms with Crippen LogP contribution in [0, 0.1) is 49.9 Å². The average molecular weight is 813 g/mol. The van der Waals surface area contributed by atoms with Crippen molar-refractivity contribution < 1.29 is 43.2 Å². The first-order valence-corrected chi connectivity index (χ1v) is 21.4. The second-order valence-electron chi connectivity index (χ2n) is 19.1. The number of rotatable bonds is 9. The number of hydrogen-bond donors (Lipinski definition) is 1. The summed E-state index contributed by atoms with van der Waals surface area (Å²) < 4.78 is 27.4. The van der Waals surface area contributed by atoms with Gasteiger partial charge in [-0.15, -0.1) is 0 Å². The maximum atomic E-state index is 11.9. The molecule has 0 spiro atoms. The average Bonchev–Trinajstić information content (AvgIpc) is 3.81. The van der Waals surface area contributed by atoms with E-state index >= 15 is 0 Å². The van der Waals surface area contributed by atoms with E-state index in [4.69, 9.17) is 23.7 Å². The van der Waals surface area contributed by atoms with Crippen molar-refractivity contribution in [2.45, 2.75) is 157 Å². The summed E-state index contributed by atoms with van der Waals surface area (Å²) in [6.07, 6.45) is 13.3. The van der Waals surface area contributed by atoms with Crippen LogP contribution in [0.2, 0.25) is 0 Å². The van der Waals surface area contributed by atoms with Crippen LogP contribution in [0.5, 0.6) is 17.2 Å². The lowest BCUT2D eigenvalue weighted by Gasteiger charge is -2.61. The largest absolute Gasteiger partial charge is 0.507 e. The van der Waals surface area contributed by atoms with E-state index in [1.54, 1.807) is 40.7 Å². The second kappa shape index (κ2) is 18.1. The number of carbonyl (C=O) groups excluding carboxylic acids is 3. The summed E-state index contributed by atoms with van der Waals surface area (Å²) in [6.45, 7) is 30.2. The Morgan fingerprint density at radius 2 is 1.44 bits per heavy atom. The van der Waals surface area contributed by atoms with Gasteiger partial charge in [0.15, 0.2) is 0 Å². The lowest BCUT2D eigenvalue weighted by Crippen LogP contribution is -2.57. The van der Waals surface area contributed by atoms with Crippen molar-refractivity contribution in [1.29, 1.82) is 0 Å². The topological polar surface area (TPSA) is 118 Å². The molecule has 4 atom stereocenters. The summed E-state index contributed by atoms with van der Waals surface area (Å²) in [5, 5.41) is 9.70. The van der Waals surface area contributed by atoms with Gasteiger partial charge in [0.05, 0.1) is 12.0 Å². The summed E-state index contributed by atoms with van der Waals surface area (Å²) >= 11 is 0. The van der Waals surface area contributed by atoms with Crippen LogP contribution < -0.4 is 9.47 Å². The fourth-order valence-electron chi connectivity index (χ4n) is 9.93. The lowest BCUT2D eigenvalue weighted by molar-refractivity contribution is -0.195. The first-order valence-electron chi connectivity index (χ1n) is 21.4. The molecular formula is C50H68O9. The van der Waals surface area contributed by atoms with E-state index in [1.165, 1.54) is 38.5 Å². The third-order valence-electron chi connectivity index (χ3n) is 13.6. The van der Waals surface area contributed by atoms with E-state index < -0.39 is 5.97 Å². The number of hydrogen-bond acceptors (Lipinski definition) is 9. The minimum Gasteiger partial charge on any atom is -0.507 e. The normalized spacial score (nSPS) is 27.8. The van der Waals surface area contributed by atoms with Gasteiger partial charge in [-0.25, -0.2) is 9.59 Å². The van der Waals surface area contributed by atoms with Gasteiger partial charge >= 0.3 is 17.9 Å². The highest BCUT2D eigenvalue weighted by atomic mass is 16.6. The molecule has 4 unspecified atom stereocenters. The van der Waals surface area contributed by atoms with Crippen molar-refractivity contribution in [2.75, 3.05) is 0 Å². The zero-order valence-electron chi connectivity index (χ0n) is 37.2. The van der Waals surface area contributed by atoms with Crippen molar-refractivity contribution in [3.8, 4) is 17.2 Å². The monoisotopic (exact) mass is 812 g/mol. The fourth-order valence-corrected chi connectivity index (χ4v) is 9.93. The quantitative estimate of drug-likeness (QED) is 0.150. The molecule has 7 fully saturated rings. The highest BCUT2D eigenvalue weighted by molar-refractivity contribution is 5.89. The highest BCUT2D eigenvalue weighted by Crippen LogP contribution is 2.64. The minimum absolute atomic E-state index is 0.0324. The Balaban J connectivity index is 0.000000153. The van der Waals surface area contributed by atoms with Gasteiger partial charge in [0.25, 0.3) is 0 Å². The van der Waals surface area contributed by atoms with Crippen LogP contribution in [0.3, 0.4) is 0 Å². The molecule has 3 saturated heterocycles. The third-order valence-corrected chi connectivity index (χ3v) is 13.6. The number of phenolic OH excluding ortho intramolecular Hbond substituents is 1. The first-order chi connectivity index (χ1) is 27.6. The number of phenols is 1. The van der Waals surface area contributed by atoms with E-state index in [2.05, 4.69) is 54.4 Å². The predicted octanol–water partition coefficient (Wildman–Crippen LogP) is 10.9. The summed E-state index contributed by atoms with van der Waals surface area (Å²) in [5.41, 5.74) is 3.95. The van der Waals surface area contributed by atoms with E-state index in [-0.39, 0.29) is 52.4 Å². The lowest BCUT2D eigenvalue weighted by atomic mass is 9.46. The molecule has 1 N–H and O–H groups in total. The number of benzene rings is 2. The van der Waals surface area contributed by atoms with Crippen LogP contribution in [0.25, 0.3) is 6.08 Å². The predicted molar refractivity (Wildman–Crippen MR) is 231 cm³/mol. The molecule has 4 saturated carbocycles. The molecule has 0 radical (unpaired) electrons. The Hall–Kier alpha value is -4.37. The Bertz CT molecular complexity index is 1880. The number of aryl methyl sites for hydroxylation is 1. The molecule has 3 heterocycles. The van der Waals surface area contributed by atoms with Crippen molar-refractivity contribution >= 4 is 24.0 Å². The van der Waals surface area contributed by atoms with E-state index in [0.717, 1.165) is 59.5 Å². The van der Waals surface area contributed by atoms with E-state index in [0.29, 0.717) is 28.6 Å². The number of aromatic hydroxyl groups is 1. The Labute approximate surface area is 352 Å². The standard InChI is InChI=1S/C17H26O2.C13H16O3.C13H18O.C7H8O3/c1-11(2)15(18)19-16(3,4)17-8-12-5-13(9-17)7-14(6-12)10-17;1-7(2)13(15)16-11-6-8(3)12(14)10(5)9(11)4;1-5-11-7-9-12(10-8-11)14-13(3,4)6-2;8-7-4-1-3-2-5(10-7)6(4)9-3/h12-14H,1,5-10H2,2-4H3;6,14H,1H2,2-5H3;5,7-10H,1,6H2,2-4H3;3-6H,1-2H2. The SMILES string of the molecule is C=C(C)C(=O)OC(C)(C)C12CC3CC(CC(C3)C1)C2.C=C(C)C(=O)Oc1cc(C)c(O)c(C)c1C.C=Cc1ccc(OC(C)(C)CC)cc1.O=C1OC2CC3CC1C2O3. The number of esters is 3. The first kappa shape index (κ1) is 45.7. The van der Waals surface area contributed by atoms with Crippen LogP contribution >= 0.6 is 0 Å². The molecule has 9 heteroatoms. The van der Waals surface area contributed by atoms with E-state index in [1.807, 2.05) is 30.3 Å². The highest BCUT2D eigenvalue weighted by Gasteiger charge is 2.59. The molecule has 3 aliphatic heterocycles. The van der Waals surface area contributed by atoms with Crippen LogP contribution in [-0.2, 0) is 28.6 Å².